The van der Waals surface area contributed by atoms with Crippen molar-refractivity contribution in [2.75, 3.05) is 5.73 Å². The molecular formula is C26H23ClN6O. The number of nitrogens with zero attached hydrogens (tertiary/aromatic N) is 4. The van der Waals surface area contributed by atoms with Crippen LogP contribution in [0.4, 0.5) is 5.82 Å². The number of carbonyl (C=O) groups excluding carboxylic acids is 1. The lowest BCUT2D eigenvalue weighted by molar-refractivity contribution is 0.0952. The van der Waals surface area contributed by atoms with Crippen LogP contribution < -0.4 is 11.1 Å². The molecule has 0 saturated carbocycles. The summed E-state index contributed by atoms with van der Waals surface area (Å²) in [6.07, 6.45) is 5.20. The van der Waals surface area contributed by atoms with Crippen LogP contribution in [-0.2, 0) is 13.1 Å². The van der Waals surface area contributed by atoms with Gasteiger partial charge in [-0.25, -0.2) is 4.98 Å². The maximum Gasteiger partial charge on any atom is 0.255 e. The molecule has 5 aromatic rings. The van der Waals surface area contributed by atoms with Crippen LogP contribution in [0.5, 0.6) is 0 Å². The smallest absolute Gasteiger partial charge is 0.255 e. The number of nitrogens with two attached hydrogens (primary N) is 1. The first-order valence-electron chi connectivity index (χ1n) is 10.9. The summed E-state index contributed by atoms with van der Waals surface area (Å²) in [5.41, 5.74) is 12.6. The van der Waals surface area contributed by atoms with E-state index in [2.05, 4.69) is 26.3 Å². The van der Waals surface area contributed by atoms with Gasteiger partial charge in [0.25, 0.3) is 5.91 Å². The van der Waals surface area contributed by atoms with E-state index in [9.17, 15) is 4.79 Å². The van der Waals surface area contributed by atoms with Gasteiger partial charge in [0.05, 0.1) is 21.6 Å². The van der Waals surface area contributed by atoms with Crippen LogP contribution in [0.25, 0.3) is 21.9 Å². The fraction of sp³-hybridized carbons (Fsp3) is 0.154. The molecule has 1 amide bonds. The summed E-state index contributed by atoms with van der Waals surface area (Å²) in [7, 11) is 0. The molecule has 3 N–H and O–H groups in total. The number of nitrogens with one attached hydrogen (secondary N) is 1. The van der Waals surface area contributed by atoms with Gasteiger partial charge >= 0.3 is 0 Å². The van der Waals surface area contributed by atoms with Gasteiger partial charge in [-0.3, -0.25) is 14.8 Å². The Balaban J connectivity index is 1.44. The van der Waals surface area contributed by atoms with E-state index < -0.39 is 0 Å². The minimum absolute atomic E-state index is 0.187. The largest absolute Gasteiger partial charge is 0.384 e. The van der Waals surface area contributed by atoms with Gasteiger partial charge in [0, 0.05) is 42.8 Å². The van der Waals surface area contributed by atoms with E-state index >= 15 is 0 Å². The molecule has 0 aliphatic heterocycles. The SMILES string of the molecule is Cc1cc(N)nc(C)c1CNC(=O)c1cn(Cc2ccc3ncc(Cl)cc3c2)c2cccnc12. The number of rotatable bonds is 5. The van der Waals surface area contributed by atoms with E-state index in [-0.39, 0.29) is 5.91 Å². The van der Waals surface area contributed by atoms with Crippen LogP contribution in [-0.4, -0.2) is 25.4 Å². The quantitative estimate of drug-likeness (QED) is 0.384. The number of carbonyl (C=O) groups is 1. The van der Waals surface area contributed by atoms with E-state index in [1.807, 2.05) is 61.0 Å². The molecule has 4 heterocycles. The van der Waals surface area contributed by atoms with Crippen molar-refractivity contribution in [3.05, 3.63) is 94.0 Å². The predicted octanol–water partition coefficient (Wildman–Crippen LogP) is 4.81. The second-order valence-electron chi connectivity index (χ2n) is 8.33. The van der Waals surface area contributed by atoms with Crippen LogP contribution >= 0.6 is 11.6 Å². The highest BCUT2D eigenvalue weighted by Crippen LogP contribution is 2.23. The number of halogens is 1. The molecular weight excluding hydrogens is 448 g/mol. The highest BCUT2D eigenvalue weighted by atomic mass is 35.5. The minimum Gasteiger partial charge on any atom is -0.384 e. The number of amides is 1. The molecule has 170 valence electrons. The Morgan fingerprint density at radius 2 is 2.00 bits per heavy atom. The van der Waals surface area contributed by atoms with Crippen LogP contribution in [0.3, 0.4) is 0 Å². The number of anilines is 1. The first kappa shape index (κ1) is 21.9. The Bertz CT molecular complexity index is 1540. The fourth-order valence-electron chi connectivity index (χ4n) is 4.29. The average Bonchev–Trinajstić information content (AvgIpc) is 3.16. The summed E-state index contributed by atoms with van der Waals surface area (Å²) in [4.78, 5) is 26.3. The second-order valence-corrected chi connectivity index (χ2v) is 8.77. The number of benzene rings is 1. The van der Waals surface area contributed by atoms with Gasteiger partial charge in [0.2, 0.25) is 0 Å². The molecule has 0 aliphatic carbocycles. The summed E-state index contributed by atoms with van der Waals surface area (Å²) in [6, 6.07) is 13.6. The lowest BCUT2D eigenvalue weighted by Crippen LogP contribution is -2.24. The summed E-state index contributed by atoms with van der Waals surface area (Å²) < 4.78 is 2.04. The third-order valence-corrected chi connectivity index (χ3v) is 6.15. The molecule has 5 rings (SSSR count). The van der Waals surface area contributed by atoms with Crippen LogP contribution in [0, 0.1) is 13.8 Å². The maximum atomic E-state index is 13.2. The molecule has 34 heavy (non-hydrogen) atoms. The number of fused-ring (bicyclic) bond motifs is 2. The third-order valence-electron chi connectivity index (χ3n) is 5.95. The zero-order valence-electron chi connectivity index (χ0n) is 18.8. The van der Waals surface area contributed by atoms with E-state index in [4.69, 9.17) is 17.3 Å². The van der Waals surface area contributed by atoms with Gasteiger partial charge in [0.15, 0.2) is 0 Å². The molecule has 0 atom stereocenters. The second kappa shape index (κ2) is 8.76. The number of pyridine rings is 3. The molecule has 7 nitrogen and oxygen atoms in total. The lowest BCUT2D eigenvalue weighted by Gasteiger charge is -2.11. The standard InChI is InChI=1S/C26H23ClN6O/c1-15-8-24(28)32-16(2)20(15)12-31-26(34)21-14-33(23-4-3-7-29-25(21)23)13-17-5-6-22-18(9-17)10-19(27)11-30-22/h3-11,14H,12-13H2,1-2H3,(H2,28,32)(H,31,34). The highest BCUT2D eigenvalue weighted by Gasteiger charge is 2.17. The van der Waals surface area contributed by atoms with Crippen molar-refractivity contribution in [2.45, 2.75) is 26.9 Å². The Kier molecular flexibility index (Phi) is 5.63. The number of nitrogen functional groups attached to an aromatic ring is 1. The van der Waals surface area contributed by atoms with Gasteiger partial charge in [-0.15, -0.1) is 0 Å². The molecule has 1 aromatic carbocycles. The average molecular weight is 471 g/mol. The molecule has 0 spiro atoms. The van der Waals surface area contributed by atoms with E-state index in [1.165, 1.54) is 0 Å². The zero-order chi connectivity index (χ0) is 23.8. The fourth-order valence-corrected chi connectivity index (χ4v) is 4.45. The predicted molar refractivity (Wildman–Crippen MR) is 135 cm³/mol. The molecule has 0 saturated heterocycles. The maximum absolute atomic E-state index is 13.2. The van der Waals surface area contributed by atoms with Gasteiger partial charge in [-0.2, -0.15) is 0 Å². The molecule has 0 unspecified atom stereocenters. The van der Waals surface area contributed by atoms with Gasteiger partial charge in [-0.05, 0) is 66.9 Å². The summed E-state index contributed by atoms with van der Waals surface area (Å²) >= 11 is 6.12. The van der Waals surface area contributed by atoms with Crippen molar-refractivity contribution >= 4 is 45.3 Å². The molecule has 8 heteroatoms. The Morgan fingerprint density at radius 1 is 1.15 bits per heavy atom. The monoisotopic (exact) mass is 470 g/mol. The van der Waals surface area contributed by atoms with Crippen molar-refractivity contribution < 1.29 is 4.79 Å². The number of aromatic nitrogens is 4. The molecule has 0 radical (unpaired) electrons. The summed E-state index contributed by atoms with van der Waals surface area (Å²) in [6.45, 7) is 4.80. The van der Waals surface area contributed by atoms with Crippen molar-refractivity contribution in [1.82, 2.24) is 24.8 Å². The number of hydrogen-bond acceptors (Lipinski definition) is 5. The van der Waals surface area contributed by atoms with Crippen molar-refractivity contribution in [3.8, 4) is 0 Å². The summed E-state index contributed by atoms with van der Waals surface area (Å²) in [5, 5.41) is 4.59. The Morgan fingerprint density at radius 3 is 2.82 bits per heavy atom. The Hall–Kier alpha value is -3.97. The van der Waals surface area contributed by atoms with Crippen molar-refractivity contribution in [1.29, 1.82) is 0 Å². The van der Waals surface area contributed by atoms with Gasteiger partial charge in [0.1, 0.15) is 11.3 Å². The Labute approximate surface area is 201 Å². The highest BCUT2D eigenvalue weighted by molar-refractivity contribution is 6.31. The molecule has 0 bridgehead atoms. The van der Waals surface area contributed by atoms with Gasteiger partial charge in [-0.1, -0.05) is 17.7 Å². The number of aryl methyl sites for hydroxylation is 2. The van der Waals surface area contributed by atoms with Gasteiger partial charge < -0.3 is 15.6 Å². The molecule has 0 aliphatic rings. The van der Waals surface area contributed by atoms with Crippen molar-refractivity contribution in [2.24, 2.45) is 0 Å². The zero-order valence-corrected chi connectivity index (χ0v) is 19.6. The molecule has 4 aromatic heterocycles. The van der Waals surface area contributed by atoms with Crippen LogP contribution in [0.2, 0.25) is 5.02 Å². The van der Waals surface area contributed by atoms with E-state index in [1.54, 1.807) is 12.4 Å². The van der Waals surface area contributed by atoms with Crippen molar-refractivity contribution in [3.63, 3.8) is 0 Å². The topological polar surface area (TPSA) is 98.7 Å². The van der Waals surface area contributed by atoms with Crippen LogP contribution in [0.15, 0.2) is 61.1 Å². The normalized spacial score (nSPS) is 11.3. The van der Waals surface area contributed by atoms with E-state index in [0.717, 1.165) is 38.8 Å². The number of hydrogen-bond donors (Lipinski definition) is 2. The third kappa shape index (κ3) is 4.18. The lowest BCUT2D eigenvalue weighted by atomic mass is 10.1. The summed E-state index contributed by atoms with van der Waals surface area (Å²) in [5.74, 6) is 0.289. The first-order valence-corrected chi connectivity index (χ1v) is 11.3. The van der Waals surface area contributed by atoms with E-state index in [0.29, 0.717) is 35.0 Å². The first-order chi connectivity index (χ1) is 16.4. The molecule has 0 fully saturated rings. The minimum atomic E-state index is -0.187. The van der Waals surface area contributed by atoms with Crippen LogP contribution in [0.1, 0.15) is 32.7 Å².